The maximum atomic E-state index is 13.0. The average molecular weight is 318 g/mol. The number of benzene rings is 2. The normalized spacial score (nSPS) is 10.9. The van der Waals surface area contributed by atoms with Crippen molar-refractivity contribution < 1.29 is 4.39 Å². The minimum atomic E-state index is -0.273. The molecule has 4 nitrogen and oxygen atoms in total. The molecule has 2 aromatic heterocycles. The topological polar surface area (TPSA) is 53.6 Å². The van der Waals surface area contributed by atoms with E-state index >= 15 is 0 Å². The lowest BCUT2D eigenvalue weighted by Gasteiger charge is -2.07. The molecule has 0 atom stereocenters. The summed E-state index contributed by atoms with van der Waals surface area (Å²) in [5.74, 6) is 0.202. The molecule has 0 amide bonds. The summed E-state index contributed by atoms with van der Waals surface area (Å²) in [5.41, 5.74) is 4.78. The molecule has 2 N–H and O–H groups in total. The Kier molecular flexibility index (Phi) is 3.46. The van der Waals surface area contributed by atoms with Crippen molar-refractivity contribution in [2.75, 3.05) is 5.32 Å². The third-order valence-corrected chi connectivity index (χ3v) is 3.91. The minimum absolute atomic E-state index is 0.273. The van der Waals surface area contributed by atoms with Gasteiger partial charge in [0.15, 0.2) is 0 Å². The quantitative estimate of drug-likeness (QED) is 0.569. The third kappa shape index (κ3) is 2.60. The van der Waals surface area contributed by atoms with Crippen LogP contribution in [0.15, 0.2) is 60.8 Å². The molecule has 0 spiro atoms. The van der Waals surface area contributed by atoms with Gasteiger partial charge in [-0.3, -0.25) is 0 Å². The Morgan fingerprint density at radius 1 is 1.00 bits per heavy atom. The smallest absolute Gasteiger partial charge is 0.227 e. The first-order chi connectivity index (χ1) is 11.7. The maximum Gasteiger partial charge on any atom is 0.227 e. The molecule has 4 aromatic rings. The van der Waals surface area contributed by atoms with Gasteiger partial charge in [-0.25, -0.2) is 14.4 Å². The van der Waals surface area contributed by atoms with Crippen LogP contribution in [0.2, 0.25) is 0 Å². The number of aromatic amines is 1. The summed E-state index contributed by atoms with van der Waals surface area (Å²) in [5, 5.41) is 4.23. The van der Waals surface area contributed by atoms with Crippen molar-refractivity contribution in [3.05, 3.63) is 72.3 Å². The number of H-pyrrole nitrogens is 1. The van der Waals surface area contributed by atoms with E-state index in [0.717, 1.165) is 33.5 Å². The molecule has 0 bridgehead atoms. The van der Waals surface area contributed by atoms with Crippen LogP contribution in [0.25, 0.3) is 22.2 Å². The summed E-state index contributed by atoms with van der Waals surface area (Å²) < 4.78 is 13.0. The number of rotatable bonds is 3. The molecule has 0 aliphatic rings. The highest BCUT2D eigenvalue weighted by Gasteiger charge is 2.12. The minimum Gasteiger partial charge on any atom is -0.358 e. The first-order valence-electron chi connectivity index (χ1n) is 7.64. The van der Waals surface area contributed by atoms with E-state index in [-0.39, 0.29) is 5.82 Å². The fourth-order valence-electron chi connectivity index (χ4n) is 2.83. The van der Waals surface area contributed by atoms with Crippen molar-refractivity contribution in [3.8, 4) is 11.3 Å². The van der Waals surface area contributed by atoms with Gasteiger partial charge in [-0.15, -0.1) is 0 Å². The van der Waals surface area contributed by atoms with Crippen LogP contribution in [0.5, 0.6) is 0 Å². The van der Waals surface area contributed by atoms with Crippen LogP contribution in [0.1, 0.15) is 5.69 Å². The fourth-order valence-corrected chi connectivity index (χ4v) is 2.83. The highest BCUT2D eigenvalue weighted by Crippen LogP contribution is 2.31. The molecule has 0 unspecified atom stereocenters. The third-order valence-electron chi connectivity index (χ3n) is 3.91. The van der Waals surface area contributed by atoms with Crippen LogP contribution >= 0.6 is 0 Å². The molecule has 0 aliphatic carbocycles. The first-order valence-corrected chi connectivity index (χ1v) is 7.64. The standard InChI is InChI=1S/C19H15FN4/c1-12-18(15-4-2-3-5-16(15)22-12)17-10-11-21-19(24-17)23-14-8-6-13(20)7-9-14/h2-11,22H,1H3,(H,21,23,24). The number of anilines is 2. The predicted octanol–water partition coefficient (Wildman–Crippen LogP) is 4.82. The molecular weight excluding hydrogens is 303 g/mol. The number of hydrogen-bond donors (Lipinski definition) is 2. The molecule has 5 heteroatoms. The van der Waals surface area contributed by atoms with Gasteiger partial charge >= 0.3 is 0 Å². The SMILES string of the molecule is Cc1[nH]c2ccccc2c1-c1ccnc(Nc2ccc(F)cc2)n1. The first kappa shape index (κ1) is 14.4. The summed E-state index contributed by atoms with van der Waals surface area (Å²) >= 11 is 0. The van der Waals surface area contributed by atoms with Gasteiger partial charge in [0.05, 0.1) is 5.69 Å². The Morgan fingerprint density at radius 3 is 2.62 bits per heavy atom. The number of para-hydroxylation sites is 1. The summed E-state index contributed by atoms with van der Waals surface area (Å²) in [6.07, 6.45) is 1.72. The van der Waals surface area contributed by atoms with Crippen LogP contribution in [-0.2, 0) is 0 Å². The molecule has 2 aromatic carbocycles. The molecule has 0 saturated heterocycles. The van der Waals surface area contributed by atoms with Crippen LogP contribution in [-0.4, -0.2) is 15.0 Å². The van der Waals surface area contributed by atoms with Gasteiger partial charge in [-0.05, 0) is 43.3 Å². The number of halogens is 1. The predicted molar refractivity (Wildman–Crippen MR) is 93.7 cm³/mol. The molecule has 0 radical (unpaired) electrons. The van der Waals surface area contributed by atoms with Crippen LogP contribution in [0.3, 0.4) is 0 Å². The van der Waals surface area contributed by atoms with Crippen molar-refractivity contribution in [1.29, 1.82) is 0 Å². The van der Waals surface area contributed by atoms with E-state index in [9.17, 15) is 4.39 Å². The Balaban J connectivity index is 1.74. The van der Waals surface area contributed by atoms with Gasteiger partial charge in [0.2, 0.25) is 5.95 Å². The largest absolute Gasteiger partial charge is 0.358 e. The number of aryl methyl sites for hydroxylation is 1. The zero-order valence-corrected chi connectivity index (χ0v) is 13.0. The molecule has 2 heterocycles. The lowest BCUT2D eigenvalue weighted by molar-refractivity contribution is 0.628. The van der Waals surface area contributed by atoms with Crippen LogP contribution < -0.4 is 5.32 Å². The lowest BCUT2D eigenvalue weighted by Crippen LogP contribution is -1.98. The van der Waals surface area contributed by atoms with Gasteiger partial charge in [-0.2, -0.15) is 0 Å². The van der Waals surface area contributed by atoms with E-state index in [1.54, 1.807) is 18.3 Å². The second-order valence-corrected chi connectivity index (χ2v) is 5.57. The lowest BCUT2D eigenvalue weighted by atomic mass is 10.1. The average Bonchev–Trinajstić information content (AvgIpc) is 2.93. The number of aromatic nitrogens is 3. The van der Waals surface area contributed by atoms with Crippen molar-refractivity contribution in [2.45, 2.75) is 6.92 Å². The summed E-state index contributed by atoms with van der Waals surface area (Å²) in [7, 11) is 0. The van der Waals surface area contributed by atoms with Crippen LogP contribution in [0, 0.1) is 12.7 Å². The van der Waals surface area contributed by atoms with E-state index in [1.165, 1.54) is 12.1 Å². The number of nitrogens with one attached hydrogen (secondary N) is 2. The van der Waals surface area contributed by atoms with E-state index < -0.39 is 0 Å². The Morgan fingerprint density at radius 2 is 1.79 bits per heavy atom. The van der Waals surface area contributed by atoms with Gasteiger partial charge in [-0.1, -0.05) is 18.2 Å². The Bertz CT molecular complexity index is 1010. The van der Waals surface area contributed by atoms with Gasteiger partial charge in [0.1, 0.15) is 5.82 Å². The molecule has 0 saturated carbocycles. The number of hydrogen-bond acceptors (Lipinski definition) is 3. The monoisotopic (exact) mass is 318 g/mol. The molecular formula is C19H15FN4. The van der Waals surface area contributed by atoms with Gasteiger partial charge < -0.3 is 10.3 Å². The number of nitrogens with zero attached hydrogens (tertiary/aromatic N) is 2. The Hall–Kier alpha value is -3.21. The highest BCUT2D eigenvalue weighted by atomic mass is 19.1. The van der Waals surface area contributed by atoms with Gasteiger partial charge in [0, 0.05) is 34.0 Å². The fraction of sp³-hybridized carbons (Fsp3) is 0.0526. The summed E-state index contributed by atoms with van der Waals surface area (Å²) in [4.78, 5) is 12.2. The molecule has 118 valence electrons. The summed E-state index contributed by atoms with van der Waals surface area (Å²) in [6, 6.07) is 16.1. The summed E-state index contributed by atoms with van der Waals surface area (Å²) in [6.45, 7) is 2.03. The van der Waals surface area contributed by atoms with Crippen LogP contribution in [0.4, 0.5) is 16.0 Å². The van der Waals surface area contributed by atoms with Crippen molar-refractivity contribution in [3.63, 3.8) is 0 Å². The van der Waals surface area contributed by atoms with E-state index in [0.29, 0.717) is 5.95 Å². The molecule has 24 heavy (non-hydrogen) atoms. The molecule has 0 fully saturated rings. The van der Waals surface area contributed by atoms with Gasteiger partial charge in [0.25, 0.3) is 0 Å². The van der Waals surface area contributed by atoms with Crippen molar-refractivity contribution >= 4 is 22.5 Å². The zero-order chi connectivity index (χ0) is 16.5. The zero-order valence-electron chi connectivity index (χ0n) is 13.0. The maximum absolute atomic E-state index is 13.0. The second-order valence-electron chi connectivity index (χ2n) is 5.57. The van der Waals surface area contributed by atoms with E-state index in [1.807, 2.05) is 31.2 Å². The Labute approximate surface area is 138 Å². The van der Waals surface area contributed by atoms with E-state index in [4.69, 9.17) is 0 Å². The number of fused-ring (bicyclic) bond motifs is 1. The molecule has 0 aliphatic heterocycles. The second kappa shape index (κ2) is 5.77. The molecule has 4 rings (SSSR count). The van der Waals surface area contributed by atoms with Crippen molar-refractivity contribution in [2.24, 2.45) is 0 Å². The van der Waals surface area contributed by atoms with Crippen molar-refractivity contribution in [1.82, 2.24) is 15.0 Å². The van der Waals surface area contributed by atoms with E-state index in [2.05, 4.69) is 26.3 Å². The highest BCUT2D eigenvalue weighted by molar-refractivity contribution is 5.96.